The van der Waals surface area contributed by atoms with Crippen LogP contribution >= 0.6 is 11.7 Å². The number of ether oxygens (including phenoxy) is 1. The Morgan fingerprint density at radius 1 is 1.00 bits per heavy atom. The van der Waals surface area contributed by atoms with E-state index >= 15 is 0 Å². The molecule has 3 rings (SSSR count). The van der Waals surface area contributed by atoms with E-state index in [9.17, 15) is 0 Å². The molecule has 0 unspecified atom stereocenters. The average Bonchev–Trinajstić information content (AvgIpc) is 3.02. The summed E-state index contributed by atoms with van der Waals surface area (Å²) in [6.07, 6.45) is 5.46. The van der Waals surface area contributed by atoms with Crippen LogP contribution in [0.1, 0.15) is 12.0 Å². The third kappa shape index (κ3) is 3.64. The van der Waals surface area contributed by atoms with Crippen LogP contribution in [0, 0.1) is 0 Å². The molecule has 0 aliphatic carbocycles. The second kappa shape index (κ2) is 6.95. The van der Waals surface area contributed by atoms with Crippen LogP contribution in [-0.2, 0) is 6.42 Å². The lowest BCUT2D eigenvalue weighted by molar-refractivity contribution is 0.303. The predicted molar refractivity (Wildman–Crippen MR) is 83.4 cm³/mol. The first-order chi connectivity index (χ1) is 10.4. The highest BCUT2D eigenvalue weighted by Crippen LogP contribution is 2.26. The summed E-state index contributed by atoms with van der Waals surface area (Å²) in [5.74, 6) is 0.598. The van der Waals surface area contributed by atoms with Gasteiger partial charge in [0.1, 0.15) is 5.69 Å². The summed E-state index contributed by atoms with van der Waals surface area (Å²) >= 11 is 1.16. The monoisotopic (exact) mass is 297 g/mol. The van der Waals surface area contributed by atoms with Gasteiger partial charge in [0, 0.05) is 18.0 Å². The lowest BCUT2D eigenvalue weighted by Gasteiger charge is -2.05. The fourth-order valence-corrected chi connectivity index (χ4v) is 2.56. The zero-order valence-electron chi connectivity index (χ0n) is 11.5. The first-order valence-electron chi connectivity index (χ1n) is 6.83. The lowest BCUT2D eigenvalue weighted by atomic mass is 10.1. The normalized spacial score (nSPS) is 10.5. The first-order valence-corrected chi connectivity index (χ1v) is 7.56. The van der Waals surface area contributed by atoms with Crippen LogP contribution in [-0.4, -0.2) is 20.3 Å². The number of hydrogen-bond acceptors (Lipinski definition) is 5. The molecule has 0 bridgehead atoms. The summed E-state index contributed by atoms with van der Waals surface area (Å²) in [5.41, 5.74) is 3.03. The predicted octanol–water partition coefficient (Wildman–Crippen LogP) is 3.61. The van der Waals surface area contributed by atoms with E-state index in [0.29, 0.717) is 12.5 Å². The van der Waals surface area contributed by atoms with E-state index in [1.54, 1.807) is 12.4 Å². The van der Waals surface area contributed by atoms with Gasteiger partial charge in [0.25, 0.3) is 5.88 Å². The van der Waals surface area contributed by atoms with Gasteiger partial charge in [-0.2, -0.15) is 4.37 Å². The van der Waals surface area contributed by atoms with E-state index in [1.807, 2.05) is 18.2 Å². The Morgan fingerprint density at radius 3 is 2.71 bits per heavy atom. The van der Waals surface area contributed by atoms with Crippen LogP contribution in [0.4, 0.5) is 0 Å². The van der Waals surface area contributed by atoms with Crippen LogP contribution in [0.15, 0.2) is 54.9 Å². The number of pyridine rings is 1. The molecule has 5 heteroatoms. The van der Waals surface area contributed by atoms with Gasteiger partial charge >= 0.3 is 0 Å². The maximum atomic E-state index is 5.76. The maximum Gasteiger partial charge on any atom is 0.254 e. The van der Waals surface area contributed by atoms with Gasteiger partial charge in [0.15, 0.2) is 0 Å². The summed E-state index contributed by atoms with van der Waals surface area (Å²) in [6.45, 7) is 0.633. The molecule has 0 aliphatic heterocycles. The molecular weight excluding hydrogens is 282 g/mol. The van der Waals surface area contributed by atoms with Gasteiger partial charge in [-0.1, -0.05) is 30.3 Å². The highest BCUT2D eigenvalue weighted by Gasteiger charge is 2.11. The van der Waals surface area contributed by atoms with E-state index in [1.165, 1.54) is 5.56 Å². The first kappa shape index (κ1) is 13.7. The van der Waals surface area contributed by atoms with Crippen LogP contribution in [0.5, 0.6) is 5.88 Å². The van der Waals surface area contributed by atoms with Crippen molar-refractivity contribution in [2.24, 2.45) is 0 Å². The smallest absolute Gasteiger partial charge is 0.254 e. The minimum atomic E-state index is 0.598. The fraction of sp³-hybridized carbons (Fsp3) is 0.188. The van der Waals surface area contributed by atoms with Gasteiger partial charge in [-0.15, -0.1) is 4.37 Å². The Kier molecular flexibility index (Phi) is 4.53. The van der Waals surface area contributed by atoms with Crippen LogP contribution in [0.2, 0.25) is 0 Å². The fourth-order valence-electron chi connectivity index (χ4n) is 2.04. The van der Waals surface area contributed by atoms with Crippen molar-refractivity contribution < 1.29 is 4.74 Å². The zero-order chi connectivity index (χ0) is 14.3. The van der Waals surface area contributed by atoms with E-state index in [-0.39, 0.29) is 0 Å². The molecule has 0 saturated carbocycles. The summed E-state index contributed by atoms with van der Waals surface area (Å²) in [6, 6.07) is 14.2. The molecule has 0 spiro atoms. The van der Waals surface area contributed by atoms with Gasteiger partial charge in [0.2, 0.25) is 0 Å². The molecule has 0 aliphatic rings. The minimum Gasteiger partial charge on any atom is -0.475 e. The Bertz CT molecular complexity index is 670. The molecule has 1 aromatic carbocycles. The average molecular weight is 297 g/mol. The largest absolute Gasteiger partial charge is 0.475 e. The standard InChI is InChI=1S/C16H15N3OS/c1-2-6-13(7-3-1)8-5-11-20-16-15(18-21-19-16)14-9-4-10-17-12-14/h1-4,6-7,9-10,12H,5,8,11H2. The Balaban J connectivity index is 1.56. The summed E-state index contributed by atoms with van der Waals surface area (Å²) in [5, 5.41) is 0. The molecule has 3 aromatic rings. The number of aryl methyl sites for hydroxylation is 1. The zero-order valence-corrected chi connectivity index (χ0v) is 12.3. The van der Waals surface area contributed by atoms with Crippen molar-refractivity contribution in [1.82, 2.24) is 13.7 Å². The van der Waals surface area contributed by atoms with Crippen LogP contribution < -0.4 is 4.74 Å². The molecule has 0 fully saturated rings. The van der Waals surface area contributed by atoms with E-state index < -0.39 is 0 Å². The number of nitrogens with zero attached hydrogens (tertiary/aromatic N) is 3. The second-order valence-electron chi connectivity index (χ2n) is 4.60. The molecule has 0 N–H and O–H groups in total. The molecule has 0 atom stereocenters. The van der Waals surface area contributed by atoms with Gasteiger partial charge in [-0.05, 0) is 30.5 Å². The highest BCUT2D eigenvalue weighted by atomic mass is 32.1. The van der Waals surface area contributed by atoms with Crippen LogP contribution in [0.3, 0.4) is 0 Å². The quantitative estimate of drug-likeness (QED) is 0.652. The molecule has 106 valence electrons. The molecule has 0 amide bonds. The Labute approximate surface area is 127 Å². The molecule has 2 aromatic heterocycles. The minimum absolute atomic E-state index is 0.598. The summed E-state index contributed by atoms with van der Waals surface area (Å²) in [7, 11) is 0. The third-order valence-corrected chi connectivity index (χ3v) is 3.60. The van der Waals surface area contributed by atoms with Crippen molar-refractivity contribution in [3.63, 3.8) is 0 Å². The topological polar surface area (TPSA) is 47.9 Å². The SMILES string of the molecule is c1ccc(CCCOc2nsnc2-c2cccnc2)cc1. The van der Waals surface area contributed by atoms with Crippen molar-refractivity contribution in [1.29, 1.82) is 0 Å². The Morgan fingerprint density at radius 2 is 1.90 bits per heavy atom. The summed E-state index contributed by atoms with van der Waals surface area (Å²) in [4.78, 5) is 4.10. The molecular formula is C16H15N3OS. The molecule has 4 nitrogen and oxygen atoms in total. The maximum absolute atomic E-state index is 5.76. The van der Waals surface area contributed by atoms with E-state index in [2.05, 4.69) is 38.0 Å². The summed E-state index contributed by atoms with van der Waals surface area (Å²) < 4.78 is 14.3. The number of hydrogen-bond donors (Lipinski definition) is 0. The highest BCUT2D eigenvalue weighted by molar-refractivity contribution is 6.99. The number of rotatable bonds is 6. The number of aromatic nitrogens is 3. The van der Waals surface area contributed by atoms with Crippen LogP contribution in [0.25, 0.3) is 11.3 Å². The molecule has 0 radical (unpaired) electrons. The van der Waals surface area contributed by atoms with Gasteiger partial charge in [0.05, 0.1) is 18.3 Å². The van der Waals surface area contributed by atoms with Crippen molar-refractivity contribution >= 4 is 11.7 Å². The van der Waals surface area contributed by atoms with Crippen molar-refractivity contribution in [2.45, 2.75) is 12.8 Å². The Hall–Kier alpha value is -2.27. The van der Waals surface area contributed by atoms with Crippen molar-refractivity contribution in [3.05, 3.63) is 60.4 Å². The number of benzene rings is 1. The van der Waals surface area contributed by atoms with Crippen molar-refractivity contribution in [3.8, 4) is 17.1 Å². The third-order valence-electron chi connectivity index (χ3n) is 3.08. The van der Waals surface area contributed by atoms with Crippen molar-refractivity contribution in [2.75, 3.05) is 6.61 Å². The van der Waals surface area contributed by atoms with E-state index in [0.717, 1.165) is 35.8 Å². The second-order valence-corrected chi connectivity index (χ2v) is 5.13. The van der Waals surface area contributed by atoms with Gasteiger partial charge < -0.3 is 4.74 Å². The molecule has 0 saturated heterocycles. The van der Waals surface area contributed by atoms with Gasteiger partial charge in [-0.25, -0.2) is 0 Å². The van der Waals surface area contributed by atoms with Gasteiger partial charge in [-0.3, -0.25) is 4.98 Å². The molecule has 2 heterocycles. The molecule has 21 heavy (non-hydrogen) atoms. The van der Waals surface area contributed by atoms with E-state index in [4.69, 9.17) is 4.74 Å². The lowest BCUT2D eigenvalue weighted by Crippen LogP contribution is -2.00.